The van der Waals surface area contributed by atoms with E-state index in [1.54, 1.807) is 0 Å². The van der Waals surface area contributed by atoms with Gasteiger partial charge in [-0.3, -0.25) is 9.59 Å². The second-order valence-corrected chi connectivity index (χ2v) is 6.34. The number of alkyl halides is 2. The molecule has 0 saturated heterocycles. The maximum atomic E-state index is 12.2. The summed E-state index contributed by atoms with van der Waals surface area (Å²) in [5.41, 5.74) is 5.87. The van der Waals surface area contributed by atoms with Gasteiger partial charge < -0.3 is 11.1 Å². The van der Waals surface area contributed by atoms with Gasteiger partial charge >= 0.3 is 0 Å². The Morgan fingerprint density at radius 3 is 2.62 bits per heavy atom. The zero-order valence-corrected chi connectivity index (χ0v) is 12.2. The van der Waals surface area contributed by atoms with Gasteiger partial charge in [-0.15, -0.1) is 0 Å². The first kappa shape index (κ1) is 15.8. The number of carbonyl (C=O) groups is 2. The fourth-order valence-electron chi connectivity index (χ4n) is 1.63. The van der Waals surface area contributed by atoms with Crippen LogP contribution in [0, 0.1) is 0 Å². The van der Waals surface area contributed by atoms with Gasteiger partial charge in [0.05, 0.1) is 0 Å². The highest BCUT2D eigenvalue weighted by atomic mass is 32.2. The van der Waals surface area contributed by atoms with E-state index in [-0.39, 0.29) is 17.5 Å². The number of halogens is 2. The SMILES string of the molecule is NC1=NC(=O)[C@H](CC(=O)Nc2ccc(SC(F)F)cc2)S1. The highest BCUT2D eigenvalue weighted by Crippen LogP contribution is 2.27. The van der Waals surface area contributed by atoms with E-state index in [4.69, 9.17) is 5.73 Å². The highest BCUT2D eigenvalue weighted by Gasteiger charge is 2.29. The number of nitrogens with two attached hydrogens (primary N) is 1. The average Bonchev–Trinajstić information content (AvgIpc) is 2.69. The lowest BCUT2D eigenvalue weighted by molar-refractivity contribution is -0.121. The summed E-state index contributed by atoms with van der Waals surface area (Å²) in [5.74, 6) is -3.27. The molecular weight excluding hydrogens is 320 g/mol. The number of nitrogens with zero attached hydrogens (tertiary/aromatic N) is 1. The molecule has 1 aliphatic heterocycles. The molecule has 1 atom stereocenters. The van der Waals surface area contributed by atoms with E-state index >= 15 is 0 Å². The number of thioether (sulfide) groups is 2. The summed E-state index contributed by atoms with van der Waals surface area (Å²) >= 11 is 1.48. The second-order valence-electron chi connectivity index (χ2n) is 4.05. The molecule has 0 spiro atoms. The molecule has 1 aromatic rings. The van der Waals surface area contributed by atoms with Crippen molar-refractivity contribution in [3.8, 4) is 0 Å². The van der Waals surface area contributed by atoms with Crippen LogP contribution in [-0.2, 0) is 9.59 Å². The number of nitrogens with one attached hydrogen (secondary N) is 1. The maximum absolute atomic E-state index is 12.2. The molecule has 1 aliphatic rings. The molecule has 0 fully saturated rings. The minimum Gasteiger partial charge on any atom is -0.378 e. The van der Waals surface area contributed by atoms with Crippen LogP contribution in [0.2, 0.25) is 0 Å². The molecule has 0 aliphatic carbocycles. The Bertz CT molecular complexity index is 578. The molecule has 2 amide bonds. The van der Waals surface area contributed by atoms with E-state index < -0.39 is 16.9 Å². The Morgan fingerprint density at radius 2 is 2.10 bits per heavy atom. The number of amidine groups is 1. The van der Waals surface area contributed by atoms with Crippen LogP contribution >= 0.6 is 23.5 Å². The molecule has 0 unspecified atom stereocenters. The minimum absolute atomic E-state index is 0.0404. The van der Waals surface area contributed by atoms with E-state index in [0.717, 1.165) is 11.8 Å². The Kier molecular flexibility index (Phi) is 5.18. The number of hydrogen-bond acceptors (Lipinski definition) is 5. The average molecular weight is 331 g/mol. The van der Waals surface area contributed by atoms with E-state index in [1.165, 1.54) is 24.3 Å². The Morgan fingerprint density at radius 1 is 1.43 bits per heavy atom. The highest BCUT2D eigenvalue weighted by molar-refractivity contribution is 8.15. The van der Waals surface area contributed by atoms with Crippen LogP contribution in [0.1, 0.15) is 6.42 Å². The number of carbonyl (C=O) groups excluding carboxylic acids is 2. The lowest BCUT2D eigenvalue weighted by Gasteiger charge is -2.08. The summed E-state index contributed by atoms with van der Waals surface area (Å²) in [7, 11) is 0. The topological polar surface area (TPSA) is 84.5 Å². The Balaban J connectivity index is 1.87. The smallest absolute Gasteiger partial charge is 0.288 e. The number of amides is 2. The van der Waals surface area contributed by atoms with E-state index in [0.29, 0.717) is 22.3 Å². The fraction of sp³-hybridized carbons (Fsp3) is 0.250. The molecule has 2 rings (SSSR count). The van der Waals surface area contributed by atoms with Crippen molar-refractivity contribution in [2.24, 2.45) is 10.7 Å². The third kappa shape index (κ3) is 4.71. The molecule has 112 valence electrons. The zero-order chi connectivity index (χ0) is 15.4. The van der Waals surface area contributed by atoms with E-state index in [2.05, 4.69) is 10.3 Å². The van der Waals surface area contributed by atoms with Gasteiger partial charge in [-0.1, -0.05) is 23.5 Å². The van der Waals surface area contributed by atoms with Gasteiger partial charge in [-0.25, -0.2) is 0 Å². The van der Waals surface area contributed by atoms with Gasteiger partial charge in [0.1, 0.15) is 5.25 Å². The molecule has 5 nitrogen and oxygen atoms in total. The quantitative estimate of drug-likeness (QED) is 0.809. The van der Waals surface area contributed by atoms with E-state index in [9.17, 15) is 18.4 Å². The first-order valence-electron chi connectivity index (χ1n) is 5.83. The van der Waals surface area contributed by atoms with Crippen molar-refractivity contribution in [1.82, 2.24) is 0 Å². The van der Waals surface area contributed by atoms with Crippen LogP contribution in [0.15, 0.2) is 34.2 Å². The van der Waals surface area contributed by atoms with Crippen molar-refractivity contribution in [2.75, 3.05) is 5.32 Å². The number of rotatable bonds is 5. The van der Waals surface area contributed by atoms with Crippen molar-refractivity contribution in [3.63, 3.8) is 0 Å². The van der Waals surface area contributed by atoms with Gasteiger partial charge in [0.15, 0.2) is 5.17 Å². The zero-order valence-electron chi connectivity index (χ0n) is 10.6. The number of benzene rings is 1. The molecule has 0 bridgehead atoms. The molecule has 1 aromatic carbocycles. The van der Waals surface area contributed by atoms with Crippen molar-refractivity contribution < 1.29 is 18.4 Å². The first-order valence-corrected chi connectivity index (χ1v) is 7.59. The van der Waals surface area contributed by atoms with Crippen molar-refractivity contribution in [3.05, 3.63) is 24.3 Å². The predicted octanol–water partition coefficient (Wildman–Crippen LogP) is 2.29. The fourth-order valence-corrected chi connectivity index (χ4v) is 2.95. The van der Waals surface area contributed by atoms with Gasteiger partial charge in [0.25, 0.3) is 11.7 Å². The van der Waals surface area contributed by atoms with Crippen LogP contribution in [0.4, 0.5) is 14.5 Å². The first-order chi connectivity index (χ1) is 9.94. The van der Waals surface area contributed by atoms with Gasteiger partial charge in [0, 0.05) is 17.0 Å². The van der Waals surface area contributed by atoms with Crippen LogP contribution in [0.3, 0.4) is 0 Å². The summed E-state index contributed by atoms with van der Waals surface area (Å²) in [6.45, 7) is 0. The third-order valence-corrected chi connectivity index (χ3v) is 4.20. The summed E-state index contributed by atoms with van der Waals surface area (Å²) in [6, 6.07) is 6.03. The van der Waals surface area contributed by atoms with Crippen LogP contribution < -0.4 is 11.1 Å². The molecule has 9 heteroatoms. The van der Waals surface area contributed by atoms with Crippen LogP contribution in [0.25, 0.3) is 0 Å². The lowest BCUT2D eigenvalue weighted by atomic mass is 10.2. The predicted molar refractivity (Wildman–Crippen MR) is 79.6 cm³/mol. The standard InChI is InChI=1S/C12H11F2N3O2S2/c13-11(14)20-7-3-1-6(2-4-7)16-9(18)5-8-10(19)17-12(15)21-8/h1-4,8,11H,5H2,(H,16,18)(H2,15,17,19)/t8-/m0/s1. The monoisotopic (exact) mass is 331 g/mol. The van der Waals surface area contributed by atoms with Crippen molar-refractivity contribution >= 4 is 46.2 Å². The van der Waals surface area contributed by atoms with Gasteiger partial charge in [-0.2, -0.15) is 13.8 Å². The van der Waals surface area contributed by atoms with Crippen molar-refractivity contribution in [1.29, 1.82) is 0 Å². The molecule has 3 N–H and O–H groups in total. The summed E-state index contributed by atoms with van der Waals surface area (Å²) in [4.78, 5) is 27.1. The number of aliphatic imine (C=N–C) groups is 1. The van der Waals surface area contributed by atoms with Crippen LogP contribution in [0.5, 0.6) is 0 Å². The Labute approximate surface area is 127 Å². The number of hydrogen-bond donors (Lipinski definition) is 2. The van der Waals surface area contributed by atoms with Crippen molar-refractivity contribution in [2.45, 2.75) is 22.3 Å². The largest absolute Gasteiger partial charge is 0.378 e. The maximum Gasteiger partial charge on any atom is 0.288 e. The second kappa shape index (κ2) is 6.90. The summed E-state index contributed by atoms with van der Waals surface area (Å²) in [6.07, 6.45) is -0.0404. The Hall–Kier alpha value is -1.61. The molecule has 0 saturated carbocycles. The third-order valence-electron chi connectivity index (χ3n) is 2.49. The van der Waals surface area contributed by atoms with Gasteiger partial charge in [-0.05, 0) is 24.3 Å². The summed E-state index contributed by atoms with van der Waals surface area (Å²) < 4.78 is 24.3. The van der Waals surface area contributed by atoms with Crippen LogP contribution in [-0.4, -0.2) is 28.0 Å². The normalized spacial score (nSPS) is 18.0. The molecular formula is C12H11F2N3O2S2. The lowest BCUT2D eigenvalue weighted by Crippen LogP contribution is -2.21. The molecule has 0 aromatic heterocycles. The molecule has 0 radical (unpaired) electrons. The molecule has 21 heavy (non-hydrogen) atoms. The minimum atomic E-state index is -2.48. The van der Waals surface area contributed by atoms with E-state index in [1.807, 2.05) is 0 Å². The summed E-state index contributed by atoms with van der Waals surface area (Å²) in [5, 5.41) is 2.15. The molecule has 1 heterocycles. The van der Waals surface area contributed by atoms with Gasteiger partial charge in [0.2, 0.25) is 5.91 Å². The number of anilines is 1.